The van der Waals surface area contributed by atoms with Crippen LogP contribution in [-0.2, 0) is 14.8 Å². The van der Waals surface area contributed by atoms with Crippen molar-refractivity contribution in [2.24, 2.45) is 5.92 Å². The zero-order valence-electron chi connectivity index (χ0n) is 12.8. The molecule has 1 fully saturated rings. The van der Waals surface area contributed by atoms with Crippen molar-refractivity contribution in [1.29, 1.82) is 0 Å². The van der Waals surface area contributed by atoms with Crippen molar-refractivity contribution in [3.05, 3.63) is 33.9 Å². The normalized spacial score (nSPS) is 22.7. The molecule has 2 rings (SSSR count). The lowest BCUT2D eigenvalue weighted by Gasteiger charge is -2.35. The minimum absolute atomic E-state index is 0.0269. The van der Waals surface area contributed by atoms with Crippen LogP contribution in [0.3, 0.4) is 0 Å². The Kier molecular flexibility index (Phi) is 4.71. The summed E-state index contributed by atoms with van der Waals surface area (Å²) in [7, 11) is -3.90. The number of aryl methyl sites for hydroxylation is 1. The molecule has 1 aliphatic rings. The first-order valence-electron chi connectivity index (χ1n) is 7.14. The highest BCUT2D eigenvalue weighted by Gasteiger charge is 2.38. The van der Waals surface area contributed by atoms with Crippen LogP contribution in [0, 0.1) is 23.0 Å². The van der Waals surface area contributed by atoms with Crippen molar-refractivity contribution in [3.63, 3.8) is 0 Å². The standard InChI is InChI=1S/C14H18N2O6S/c1-9-7-12(16(19)20)5-6-13(9)23(21,22)15-8-11(14(17)18)4-3-10(15)2/h5-7,10-11H,3-4,8H2,1-2H3,(H,17,18). The number of nitro groups is 1. The van der Waals surface area contributed by atoms with Crippen LogP contribution < -0.4 is 0 Å². The largest absolute Gasteiger partial charge is 0.481 e. The van der Waals surface area contributed by atoms with Crippen LogP contribution in [0.15, 0.2) is 23.1 Å². The monoisotopic (exact) mass is 342 g/mol. The topological polar surface area (TPSA) is 118 Å². The summed E-state index contributed by atoms with van der Waals surface area (Å²) in [6.07, 6.45) is 0.893. The predicted molar refractivity (Wildman–Crippen MR) is 81.5 cm³/mol. The Balaban J connectivity index is 2.40. The third-order valence-electron chi connectivity index (χ3n) is 4.13. The Morgan fingerprint density at radius 2 is 2.04 bits per heavy atom. The van der Waals surface area contributed by atoms with Gasteiger partial charge < -0.3 is 5.11 Å². The molecule has 23 heavy (non-hydrogen) atoms. The van der Waals surface area contributed by atoms with Gasteiger partial charge in [-0.05, 0) is 38.3 Å². The number of sulfonamides is 1. The Hall–Kier alpha value is -2.00. The molecule has 1 heterocycles. The van der Waals surface area contributed by atoms with Crippen molar-refractivity contribution in [2.45, 2.75) is 37.6 Å². The highest BCUT2D eigenvalue weighted by molar-refractivity contribution is 7.89. The summed E-state index contributed by atoms with van der Waals surface area (Å²) in [5, 5.41) is 19.9. The minimum Gasteiger partial charge on any atom is -0.481 e. The highest BCUT2D eigenvalue weighted by atomic mass is 32.2. The van der Waals surface area contributed by atoms with Gasteiger partial charge >= 0.3 is 5.97 Å². The molecule has 0 saturated carbocycles. The molecule has 0 spiro atoms. The van der Waals surface area contributed by atoms with Crippen LogP contribution in [0.1, 0.15) is 25.3 Å². The summed E-state index contributed by atoms with van der Waals surface area (Å²) >= 11 is 0. The van der Waals surface area contributed by atoms with E-state index in [0.29, 0.717) is 12.8 Å². The molecule has 9 heteroatoms. The number of aliphatic carboxylic acids is 1. The second kappa shape index (κ2) is 6.25. The van der Waals surface area contributed by atoms with Crippen LogP contribution in [0.4, 0.5) is 5.69 Å². The van der Waals surface area contributed by atoms with Gasteiger partial charge in [-0.15, -0.1) is 0 Å². The summed E-state index contributed by atoms with van der Waals surface area (Å²) in [5.41, 5.74) is 0.0837. The average molecular weight is 342 g/mol. The average Bonchev–Trinajstić information content (AvgIpc) is 2.46. The molecule has 126 valence electrons. The first-order valence-corrected chi connectivity index (χ1v) is 8.58. The van der Waals surface area contributed by atoms with Crippen LogP contribution >= 0.6 is 0 Å². The molecule has 1 aliphatic heterocycles. The molecule has 0 bridgehead atoms. The maximum atomic E-state index is 12.8. The van der Waals surface area contributed by atoms with Gasteiger partial charge in [-0.25, -0.2) is 8.42 Å². The molecule has 0 aromatic heterocycles. The summed E-state index contributed by atoms with van der Waals surface area (Å²) in [6.45, 7) is 3.13. The number of nitrogens with zero attached hydrogens (tertiary/aromatic N) is 2. The zero-order valence-corrected chi connectivity index (χ0v) is 13.6. The van der Waals surface area contributed by atoms with Crippen molar-refractivity contribution < 1.29 is 23.2 Å². The first kappa shape index (κ1) is 17.4. The lowest BCUT2D eigenvalue weighted by Crippen LogP contribution is -2.47. The third kappa shape index (κ3) is 3.35. The van der Waals surface area contributed by atoms with E-state index in [0.717, 1.165) is 6.07 Å². The van der Waals surface area contributed by atoms with E-state index in [1.165, 1.54) is 23.4 Å². The van der Waals surface area contributed by atoms with Gasteiger partial charge in [0.2, 0.25) is 10.0 Å². The fraction of sp³-hybridized carbons (Fsp3) is 0.500. The number of piperidine rings is 1. The van der Waals surface area contributed by atoms with Gasteiger partial charge in [0.05, 0.1) is 15.7 Å². The molecule has 8 nitrogen and oxygen atoms in total. The van der Waals surface area contributed by atoms with E-state index in [2.05, 4.69) is 0 Å². The lowest BCUT2D eigenvalue weighted by atomic mass is 9.96. The Morgan fingerprint density at radius 1 is 1.39 bits per heavy atom. The quantitative estimate of drug-likeness (QED) is 0.658. The molecular weight excluding hydrogens is 324 g/mol. The van der Waals surface area contributed by atoms with Gasteiger partial charge in [0.15, 0.2) is 0 Å². The fourth-order valence-electron chi connectivity index (χ4n) is 2.77. The molecule has 1 aromatic rings. The number of hydrogen-bond donors (Lipinski definition) is 1. The SMILES string of the molecule is Cc1cc([N+](=O)[O-])ccc1S(=O)(=O)N1CC(C(=O)O)CCC1C. The van der Waals surface area contributed by atoms with E-state index in [1.54, 1.807) is 6.92 Å². The second-order valence-electron chi connectivity index (χ2n) is 5.74. The van der Waals surface area contributed by atoms with Crippen molar-refractivity contribution in [3.8, 4) is 0 Å². The fourth-order valence-corrected chi connectivity index (χ4v) is 4.69. The summed E-state index contributed by atoms with van der Waals surface area (Å²) in [6, 6.07) is 3.24. The molecule has 1 aromatic carbocycles. The molecule has 2 unspecified atom stereocenters. The van der Waals surface area contributed by atoms with Crippen LogP contribution in [-0.4, -0.2) is 41.3 Å². The minimum atomic E-state index is -3.90. The lowest BCUT2D eigenvalue weighted by molar-refractivity contribution is -0.385. The third-order valence-corrected chi connectivity index (χ3v) is 6.27. The van der Waals surface area contributed by atoms with Crippen LogP contribution in [0.25, 0.3) is 0 Å². The molecule has 1 saturated heterocycles. The maximum absolute atomic E-state index is 12.8. The van der Waals surface area contributed by atoms with Gasteiger partial charge in [-0.1, -0.05) is 0 Å². The number of nitro benzene ring substituents is 1. The van der Waals surface area contributed by atoms with Crippen molar-refractivity contribution in [1.82, 2.24) is 4.31 Å². The number of carboxylic acid groups (broad SMARTS) is 1. The van der Waals surface area contributed by atoms with E-state index in [1.807, 2.05) is 0 Å². The van der Waals surface area contributed by atoms with Crippen LogP contribution in [0.5, 0.6) is 0 Å². The van der Waals surface area contributed by atoms with E-state index < -0.39 is 26.8 Å². The number of rotatable bonds is 4. The van der Waals surface area contributed by atoms with Gasteiger partial charge in [0.25, 0.3) is 5.69 Å². The smallest absolute Gasteiger partial charge is 0.307 e. The Bertz CT molecular complexity index is 746. The molecule has 0 amide bonds. The number of non-ortho nitro benzene ring substituents is 1. The summed E-state index contributed by atoms with van der Waals surface area (Å²) in [5.74, 6) is -1.75. The van der Waals surface area contributed by atoms with Gasteiger partial charge in [-0.2, -0.15) is 4.31 Å². The van der Waals surface area contributed by atoms with Gasteiger partial charge in [0, 0.05) is 24.7 Å². The molecular formula is C14H18N2O6S. The molecule has 0 aliphatic carbocycles. The summed E-state index contributed by atoms with van der Waals surface area (Å²) in [4.78, 5) is 21.3. The maximum Gasteiger partial charge on any atom is 0.307 e. The molecule has 0 radical (unpaired) electrons. The van der Waals surface area contributed by atoms with Crippen LogP contribution in [0.2, 0.25) is 0 Å². The van der Waals surface area contributed by atoms with E-state index in [-0.39, 0.29) is 28.7 Å². The second-order valence-corrected chi connectivity index (χ2v) is 7.60. The van der Waals surface area contributed by atoms with Crippen molar-refractivity contribution >= 4 is 21.7 Å². The first-order chi connectivity index (χ1) is 10.6. The molecule has 2 atom stereocenters. The van der Waals surface area contributed by atoms with E-state index >= 15 is 0 Å². The number of carboxylic acids is 1. The summed E-state index contributed by atoms with van der Waals surface area (Å²) < 4.78 is 26.8. The predicted octanol–water partition coefficient (Wildman–Crippen LogP) is 1.78. The van der Waals surface area contributed by atoms with E-state index in [9.17, 15) is 23.3 Å². The van der Waals surface area contributed by atoms with Gasteiger partial charge in [0.1, 0.15) is 0 Å². The Morgan fingerprint density at radius 3 is 2.57 bits per heavy atom. The van der Waals surface area contributed by atoms with E-state index in [4.69, 9.17) is 5.11 Å². The number of carbonyl (C=O) groups is 1. The molecule has 1 N–H and O–H groups in total. The van der Waals surface area contributed by atoms with Crippen molar-refractivity contribution in [2.75, 3.05) is 6.54 Å². The number of benzene rings is 1. The van der Waals surface area contributed by atoms with Gasteiger partial charge in [-0.3, -0.25) is 14.9 Å². The highest BCUT2D eigenvalue weighted by Crippen LogP contribution is 2.30. The Labute approximate surface area is 133 Å². The number of hydrogen-bond acceptors (Lipinski definition) is 5. The zero-order chi connectivity index (χ0) is 17.4.